The van der Waals surface area contributed by atoms with E-state index in [1.54, 1.807) is 20.7 Å². The fourth-order valence-electron chi connectivity index (χ4n) is 5.96. The lowest BCUT2D eigenvalue weighted by atomic mass is 9.99. The molecule has 2 aliphatic heterocycles. The maximum Gasteiger partial charge on any atom is 0.182 e. The van der Waals surface area contributed by atoms with Crippen molar-refractivity contribution in [2.75, 3.05) is 0 Å². The van der Waals surface area contributed by atoms with Crippen LogP contribution in [0.25, 0.3) is 27.8 Å². The molecule has 0 aromatic heterocycles. The van der Waals surface area contributed by atoms with E-state index in [1.165, 1.54) is 33.4 Å². The molecule has 0 unspecified atom stereocenters. The van der Waals surface area contributed by atoms with Crippen LogP contribution >= 0.6 is 0 Å². The summed E-state index contributed by atoms with van der Waals surface area (Å²) in [5.74, 6) is 0. The number of hydrogen-bond donors (Lipinski definition) is 0. The van der Waals surface area contributed by atoms with Gasteiger partial charge in [-0.05, 0) is 66.6 Å². The molecule has 0 fully saturated rings. The summed E-state index contributed by atoms with van der Waals surface area (Å²) in [7, 11) is -2.25. The van der Waals surface area contributed by atoms with Crippen molar-refractivity contribution in [2.45, 2.75) is 6.42 Å². The molecule has 1 aliphatic carbocycles. The van der Waals surface area contributed by atoms with Crippen molar-refractivity contribution in [1.82, 2.24) is 0 Å². The zero-order valence-electron chi connectivity index (χ0n) is 16.6. The Morgan fingerprint density at radius 2 is 1.07 bits per heavy atom. The molecule has 3 aliphatic rings. The first kappa shape index (κ1) is 16.4. The molecule has 4 aromatic carbocycles. The summed E-state index contributed by atoms with van der Waals surface area (Å²) in [6.07, 6.45) is 7.72. The van der Waals surface area contributed by atoms with Gasteiger partial charge in [0.1, 0.15) is 0 Å². The van der Waals surface area contributed by atoms with Gasteiger partial charge >= 0.3 is 0 Å². The minimum Gasteiger partial charge on any atom is -0.0801 e. The second-order valence-corrected chi connectivity index (χ2v) is 12.1. The van der Waals surface area contributed by atoms with Crippen LogP contribution < -0.4 is 20.7 Å². The van der Waals surface area contributed by atoms with Crippen LogP contribution in [0.2, 0.25) is 0 Å². The van der Waals surface area contributed by atoms with Crippen molar-refractivity contribution >= 4 is 34.4 Å². The molecule has 0 radical (unpaired) electrons. The first-order valence-corrected chi connectivity index (χ1v) is 12.7. The summed E-state index contributed by atoms with van der Waals surface area (Å²) in [5.41, 5.74) is 8.50. The summed E-state index contributed by atoms with van der Waals surface area (Å²) >= 11 is 0. The first-order chi connectivity index (χ1) is 14.9. The molecule has 140 valence electrons. The predicted molar refractivity (Wildman–Crippen MR) is 130 cm³/mol. The molecule has 0 atom stereocenters. The third kappa shape index (κ3) is 1.87. The number of benzene rings is 4. The van der Waals surface area contributed by atoms with Gasteiger partial charge in [0, 0.05) is 0 Å². The lowest BCUT2D eigenvalue weighted by Crippen LogP contribution is -2.70. The largest absolute Gasteiger partial charge is 0.182 e. The highest BCUT2D eigenvalue weighted by Gasteiger charge is 2.53. The molecule has 0 bridgehead atoms. The molecule has 1 spiro atoms. The van der Waals surface area contributed by atoms with E-state index in [2.05, 4.69) is 109 Å². The second kappa shape index (κ2) is 5.81. The Morgan fingerprint density at radius 3 is 1.63 bits per heavy atom. The monoisotopic (exact) mass is 396 g/mol. The van der Waals surface area contributed by atoms with Crippen LogP contribution in [0.4, 0.5) is 0 Å². The highest BCUT2D eigenvalue weighted by Crippen LogP contribution is 2.37. The van der Waals surface area contributed by atoms with Crippen LogP contribution in [0.1, 0.15) is 12.0 Å². The van der Waals surface area contributed by atoms with Gasteiger partial charge in [-0.2, -0.15) is 0 Å². The third-order valence-corrected chi connectivity index (χ3v) is 12.1. The molecule has 4 aromatic rings. The molecule has 1 heteroatoms. The van der Waals surface area contributed by atoms with E-state index in [0.717, 1.165) is 6.42 Å². The molecule has 7 rings (SSSR count). The molecule has 30 heavy (non-hydrogen) atoms. The van der Waals surface area contributed by atoms with Crippen molar-refractivity contribution in [3.05, 3.63) is 115 Å². The Kier molecular flexibility index (Phi) is 3.17. The average molecular weight is 397 g/mol. The highest BCUT2D eigenvalue weighted by molar-refractivity contribution is 7.24. The predicted octanol–water partition coefficient (Wildman–Crippen LogP) is 4.37. The fraction of sp³-hybridized carbons (Fsp3) is 0.0345. The van der Waals surface area contributed by atoms with E-state index in [-0.39, 0.29) is 0 Å². The standard InChI is InChI=1S/C29H20Si/c1-2-10-20(9-1)21-17-18-29-25(19-21)24-13-5-8-16-28(24)30(29)26-14-6-3-11-22(26)23-12-4-7-15-27(23)30/h1-9,11-19H,10H2. The number of fused-ring (bicyclic) bond motifs is 10. The second-order valence-electron chi connectivity index (χ2n) is 8.47. The van der Waals surface area contributed by atoms with Gasteiger partial charge in [0.15, 0.2) is 8.07 Å². The van der Waals surface area contributed by atoms with Gasteiger partial charge in [-0.25, -0.2) is 0 Å². The van der Waals surface area contributed by atoms with Crippen LogP contribution in [0.15, 0.2) is 109 Å². The molecule has 0 saturated carbocycles. The van der Waals surface area contributed by atoms with Crippen molar-refractivity contribution in [1.29, 1.82) is 0 Å². The molecular formula is C29H20Si. The smallest absolute Gasteiger partial charge is 0.0801 e. The summed E-state index contributed by atoms with van der Waals surface area (Å²) in [6.45, 7) is 0. The lowest BCUT2D eigenvalue weighted by molar-refractivity contribution is 1.44. The lowest BCUT2D eigenvalue weighted by Gasteiger charge is -2.27. The van der Waals surface area contributed by atoms with Gasteiger partial charge in [0.25, 0.3) is 0 Å². The SMILES string of the molecule is C1=CCC(c2ccc3c(c2)-c2ccccc2[Si]32c3ccccc3-c3ccccc32)=C1. The van der Waals surface area contributed by atoms with Crippen molar-refractivity contribution in [3.63, 3.8) is 0 Å². The molecule has 0 N–H and O–H groups in total. The quantitative estimate of drug-likeness (QED) is 0.362. The van der Waals surface area contributed by atoms with Crippen molar-refractivity contribution in [3.8, 4) is 22.3 Å². The maximum absolute atomic E-state index is 2.46. The topological polar surface area (TPSA) is 0 Å². The molecule has 2 heterocycles. The van der Waals surface area contributed by atoms with Gasteiger partial charge in [0.05, 0.1) is 0 Å². The van der Waals surface area contributed by atoms with Gasteiger partial charge in [0.2, 0.25) is 0 Å². The highest BCUT2D eigenvalue weighted by atomic mass is 28.3. The Balaban J connectivity index is 1.62. The Hall–Kier alpha value is -3.42. The van der Waals surface area contributed by atoms with Crippen LogP contribution in [-0.4, -0.2) is 8.07 Å². The van der Waals surface area contributed by atoms with Crippen LogP contribution in [0.5, 0.6) is 0 Å². The minimum atomic E-state index is -2.25. The normalized spacial score (nSPS) is 16.2. The Bertz CT molecular complexity index is 1370. The summed E-state index contributed by atoms with van der Waals surface area (Å²) in [5, 5.41) is 6.20. The van der Waals surface area contributed by atoms with E-state index in [9.17, 15) is 0 Å². The summed E-state index contributed by atoms with van der Waals surface area (Å²) < 4.78 is 0. The van der Waals surface area contributed by atoms with Gasteiger partial charge in [-0.3, -0.25) is 0 Å². The Labute approximate surface area is 177 Å². The van der Waals surface area contributed by atoms with E-state index in [4.69, 9.17) is 0 Å². The number of hydrogen-bond acceptors (Lipinski definition) is 0. The van der Waals surface area contributed by atoms with Crippen molar-refractivity contribution in [2.24, 2.45) is 0 Å². The number of allylic oxidation sites excluding steroid dienone is 4. The molecule has 0 amide bonds. The molecule has 0 nitrogen and oxygen atoms in total. The maximum atomic E-state index is 2.46. The summed E-state index contributed by atoms with van der Waals surface area (Å²) in [6, 6.07) is 34.7. The van der Waals surface area contributed by atoms with E-state index in [1.807, 2.05) is 0 Å². The van der Waals surface area contributed by atoms with Crippen molar-refractivity contribution < 1.29 is 0 Å². The van der Waals surface area contributed by atoms with E-state index >= 15 is 0 Å². The van der Waals surface area contributed by atoms with Gasteiger partial charge in [-0.1, -0.05) is 103 Å². The van der Waals surface area contributed by atoms with E-state index in [0.29, 0.717) is 0 Å². The van der Waals surface area contributed by atoms with Gasteiger partial charge in [-0.15, -0.1) is 0 Å². The number of rotatable bonds is 1. The van der Waals surface area contributed by atoms with Crippen LogP contribution in [0.3, 0.4) is 0 Å². The molecule has 0 saturated heterocycles. The fourth-order valence-corrected chi connectivity index (χ4v) is 11.6. The summed E-state index contributed by atoms with van der Waals surface area (Å²) in [4.78, 5) is 0. The van der Waals surface area contributed by atoms with Gasteiger partial charge < -0.3 is 0 Å². The van der Waals surface area contributed by atoms with Crippen LogP contribution in [0, 0.1) is 0 Å². The first-order valence-electron chi connectivity index (χ1n) is 10.7. The third-order valence-electron chi connectivity index (χ3n) is 7.14. The zero-order chi connectivity index (χ0) is 19.7. The Morgan fingerprint density at radius 1 is 0.533 bits per heavy atom. The average Bonchev–Trinajstić information content (AvgIpc) is 3.51. The minimum absolute atomic E-state index is 1.04. The van der Waals surface area contributed by atoms with E-state index < -0.39 is 8.07 Å². The van der Waals surface area contributed by atoms with Crippen LogP contribution in [-0.2, 0) is 0 Å². The zero-order valence-corrected chi connectivity index (χ0v) is 17.6. The molecular weight excluding hydrogens is 376 g/mol.